The van der Waals surface area contributed by atoms with Gasteiger partial charge in [0.1, 0.15) is 0 Å². The van der Waals surface area contributed by atoms with E-state index in [4.69, 9.17) is 5.73 Å². The van der Waals surface area contributed by atoms with Gasteiger partial charge in [0.25, 0.3) is 0 Å². The minimum atomic E-state index is 0.304. The number of piperazine rings is 1. The van der Waals surface area contributed by atoms with E-state index in [1.807, 2.05) is 12.5 Å². The molecule has 0 radical (unpaired) electrons. The number of aryl methyl sites for hydroxylation is 1. The Hall–Kier alpha value is -0.910. The summed E-state index contributed by atoms with van der Waals surface area (Å²) in [4.78, 5) is 9.37. The molecule has 0 saturated carbocycles. The molecule has 2 rings (SSSR count). The second-order valence-corrected chi connectivity index (χ2v) is 5.93. The van der Waals surface area contributed by atoms with Crippen LogP contribution in [0.15, 0.2) is 12.5 Å². The summed E-state index contributed by atoms with van der Waals surface area (Å²) in [7, 11) is 0. The third-order valence-corrected chi connectivity index (χ3v) is 4.29. The second kappa shape index (κ2) is 7.20. The number of aromatic nitrogens is 2. The van der Waals surface area contributed by atoms with Gasteiger partial charge in [-0.1, -0.05) is 6.92 Å². The van der Waals surface area contributed by atoms with Gasteiger partial charge in [0.15, 0.2) is 0 Å². The molecule has 20 heavy (non-hydrogen) atoms. The SMILES string of the molecule is CCCn1cncc1C(CN)N1CCN(C(C)C)CC1. The van der Waals surface area contributed by atoms with Crippen molar-refractivity contribution < 1.29 is 0 Å². The molecule has 5 heteroatoms. The zero-order valence-corrected chi connectivity index (χ0v) is 13.1. The normalized spacial score (nSPS) is 19.6. The molecule has 1 aromatic rings. The van der Waals surface area contributed by atoms with E-state index in [9.17, 15) is 0 Å². The molecule has 0 amide bonds. The third-order valence-electron chi connectivity index (χ3n) is 4.29. The first-order valence-corrected chi connectivity index (χ1v) is 7.85. The van der Waals surface area contributed by atoms with Crippen LogP contribution in [0.1, 0.15) is 38.9 Å². The highest BCUT2D eigenvalue weighted by molar-refractivity contribution is 5.07. The predicted octanol–water partition coefficient (Wildman–Crippen LogP) is 1.32. The van der Waals surface area contributed by atoms with Crippen molar-refractivity contribution in [1.29, 1.82) is 0 Å². The lowest BCUT2D eigenvalue weighted by atomic mass is 10.1. The Labute approximate surface area is 122 Å². The van der Waals surface area contributed by atoms with Gasteiger partial charge in [-0.2, -0.15) is 0 Å². The number of hydrogen-bond donors (Lipinski definition) is 1. The number of hydrogen-bond acceptors (Lipinski definition) is 4. The highest BCUT2D eigenvalue weighted by atomic mass is 15.3. The van der Waals surface area contributed by atoms with Crippen molar-refractivity contribution in [3.63, 3.8) is 0 Å². The van der Waals surface area contributed by atoms with Gasteiger partial charge in [-0.05, 0) is 20.3 Å². The Morgan fingerprint density at radius 1 is 1.20 bits per heavy atom. The number of imidazole rings is 1. The van der Waals surface area contributed by atoms with Crippen LogP contribution in [0.25, 0.3) is 0 Å². The van der Waals surface area contributed by atoms with Crippen LogP contribution in [0.5, 0.6) is 0 Å². The van der Waals surface area contributed by atoms with Crippen LogP contribution in [-0.2, 0) is 6.54 Å². The van der Waals surface area contributed by atoms with Crippen molar-refractivity contribution in [2.75, 3.05) is 32.7 Å². The average Bonchev–Trinajstić information content (AvgIpc) is 2.89. The maximum atomic E-state index is 6.06. The number of nitrogens with two attached hydrogens (primary N) is 1. The van der Waals surface area contributed by atoms with Crippen LogP contribution in [0.2, 0.25) is 0 Å². The second-order valence-electron chi connectivity index (χ2n) is 5.93. The van der Waals surface area contributed by atoms with Gasteiger partial charge in [0.05, 0.1) is 18.1 Å². The Morgan fingerprint density at radius 2 is 1.85 bits per heavy atom. The van der Waals surface area contributed by atoms with Gasteiger partial charge in [0, 0.05) is 51.5 Å². The van der Waals surface area contributed by atoms with Crippen LogP contribution in [0.4, 0.5) is 0 Å². The lowest BCUT2D eigenvalue weighted by Crippen LogP contribution is -2.51. The summed E-state index contributed by atoms with van der Waals surface area (Å²) in [5.74, 6) is 0. The van der Waals surface area contributed by atoms with Gasteiger partial charge >= 0.3 is 0 Å². The third kappa shape index (κ3) is 3.40. The summed E-state index contributed by atoms with van der Waals surface area (Å²) in [6.07, 6.45) is 5.05. The summed E-state index contributed by atoms with van der Waals surface area (Å²) in [6, 6.07) is 0.942. The van der Waals surface area contributed by atoms with E-state index in [1.54, 1.807) is 0 Å². The summed E-state index contributed by atoms with van der Waals surface area (Å²) in [5.41, 5.74) is 7.33. The highest BCUT2D eigenvalue weighted by Gasteiger charge is 2.26. The standard InChI is InChI=1S/C15H29N5/c1-4-5-20-12-17-11-15(20)14(10-16)19-8-6-18(7-9-19)13(2)3/h11-14H,4-10,16H2,1-3H3. The fourth-order valence-electron chi connectivity index (χ4n) is 3.06. The van der Waals surface area contributed by atoms with E-state index >= 15 is 0 Å². The van der Waals surface area contributed by atoms with Crippen molar-refractivity contribution in [2.24, 2.45) is 5.73 Å². The zero-order valence-electron chi connectivity index (χ0n) is 13.1. The molecule has 1 saturated heterocycles. The van der Waals surface area contributed by atoms with E-state index < -0.39 is 0 Å². The molecule has 1 aliphatic heterocycles. The van der Waals surface area contributed by atoms with Crippen LogP contribution < -0.4 is 5.73 Å². The fraction of sp³-hybridized carbons (Fsp3) is 0.800. The molecule has 5 nitrogen and oxygen atoms in total. The predicted molar refractivity (Wildman–Crippen MR) is 82.6 cm³/mol. The molecule has 2 N–H and O–H groups in total. The largest absolute Gasteiger partial charge is 0.333 e. The summed E-state index contributed by atoms with van der Waals surface area (Å²) < 4.78 is 2.26. The highest BCUT2D eigenvalue weighted by Crippen LogP contribution is 2.22. The molecule has 0 aliphatic carbocycles. The minimum absolute atomic E-state index is 0.304. The molecule has 1 atom stereocenters. The van der Waals surface area contributed by atoms with Crippen molar-refractivity contribution in [3.05, 3.63) is 18.2 Å². The number of rotatable bonds is 6. The van der Waals surface area contributed by atoms with Crippen molar-refractivity contribution in [2.45, 2.75) is 45.8 Å². The smallest absolute Gasteiger partial charge is 0.0948 e. The topological polar surface area (TPSA) is 50.3 Å². The lowest BCUT2D eigenvalue weighted by Gasteiger charge is -2.40. The molecule has 1 aromatic heterocycles. The molecule has 114 valence electrons. The van der Waals surface area contributed by atoms with E-state index in [1.165, 1.54) is 5.69 Å². The van der Waals surface area contributed by atoms with E-state index in [2.05, 4.69) is 40.1 Å². The van der Waals surface area contributed by atoms with Gasteiger partial charge in [-0.25, -0.2) is 4.98 Å². The van der Waals surface area contributed by atoms with Crippen molar-refractivity contribution in [3.8, 4) is 0 Å². The minimum Gasteiger partial charge on any atom is -0.333 e. The number of nitrogens with zero attached hydrogens (tertiary/aromatic N) is 4. The van der Waals surface area contributed by atoms with Crippen molar-refractivity contribution >= 4 is 0 Å². The maximum Gasteiger partial charge on any atom is 0.0948 e. The molecule has 1 fully saturated rings. The monoisotopic (exact) mass is 279 g/mol. The van der Waals surface area contributed by atoms with Crippen LogP contribution in [0, 0.1) is 0 Å². The zero-order chi connectivity index (χ0) is 14.5. The fourth-order valence-corrected chi connectivity index (χ4v) is 3.06. The maximum absolute atomic E-state index is 6.06. The van der Waals surface area contributed by atoms with Gasteiger partial charge in [-0.15, -0.1) is 0 Å². The Kier molecular flexibility index (Phi) is 5.57. The molecule has 1 aliphatic rings. The summed E-state index contributed by atoms with van der Waals surface area (Å²) >= 11 is 0. The van der Waals surface area contributed by atoms with Gasteiger partial charge in [0.2, 0.25) is 0 Å². The van der Waals surface area contributed by atoms with Crippen LogP contribution in [0.3, 0.4) is 0 Å². The first-order valence-electron chi connectivity index (χ1n) is 7.85. The van der Waals surface area contributed by atoms with Gasteiger partial charge in [-0.3, -0.25) is 9.80 Å². The molecule has 0 spiro atoms. The van der Waals surface area contributed by atoms with Crippen LogP contribution in [-0.4, -0.2) is 58.1 Å². The summed E-state index contributed by atoms with van der Waals surface area (Å²) in [6.45, 7) is 12.9. The average molecular weight is 279 g/mol. The Morgan fingerprint density at radius 3 is 2.40 bits per heavy atom. The quantitative estimate of drug-likeness (QED) is 0.853. The summed E-state index contributed by atoms with van der Waals surface area (Å²) in [5, 5.41) is 0. The lowest BCUT2D eigenvalue weighted by molar-refractivity contribution is 0.0777. The molecule has 1 unspecified atom stereocenters. The van der Waals surface area contributed by atoms with E-state index in [0.717, 1.165) is 39.1 Å². The van der Waals surface area contributed by atoms with E-state index in [-0.39, 0.29) is 0 Å². The van der Waals surface area contributed by atoms with E-state index in [0.29, 0.717) is 18.6 Å². The molecule has 2 heterocycles. The van der Waals surface area contributed by atoms with Crippen LogP contribution >= 0.6 is 0 Å². The molecular formula is C15H29N5. The molecular weight excluding hydrogens is 250 g/mol. The van der Waals surface area contributed by atoms with Crippen molar-refractivity contribution in [1.82, 2.24) is 19.4 Å². The first kappa shape index (κ1) is 15.5. The Balaban J connectivity index is 2.04. The molecule has 0 aromatic carbocycles. The molecule has 0 bridgehead atoms. The first-order chi connectivity index (χ1) is 9.67. The Bertz CT molecular complexity index is 393. The van der Waals surface area contributed by atoms with Gasteiger partial charge < -0.3 is 10.3 Å².